The summed E-state index contributed by atoms with van der Waals surface area (Å²) in [5.41, 5.74) is 2.45. The minimum absolute atomic E-state index is 0.190. The van der Waals surface area contributed by atoms with Gasteiger partial charge in [-0.2, -0.15) is 0 Å². The van der Waals surface area contributed by atoms with Gasteiger partial charge in [0.25, 0.3) is 5.56 Å². The second-order valence-corrected chi connectivity index (χ2v) is 7.21. The number of para-hydroxylation sites is 1. The van der Waals surface area contributed by atoms with Crippen molar-refractivity contribution in [3.63, 3.8) is 0 Å². The van der Waals surface area contributed by atoms with Crippen molar-refractivity contribution < 1.29 is 4.79 Å². The smallest absolute Gasteiger partial charge is 0.295 e. The number of halogens is 1. The molecule has 0 fully saturated rings. The Bertz CT molecular complexity index is 1010. The summed E-state index contributed by atoms with van der Waals surface area (Å²) in [6.45, 7) is 3.58. The fourth-order valence-electron chi connectivity index (χ4n) is 2.80. The van der Waals surface area contributed by atoms with Crippen LogP contribution in [0.5, 0.6) is 0 Å². The summed E-state index contributed by atoms with van der Waals surface area (Å²) >= 11 is 3.36. The van der Waals surface area contributed by atoms with Crippen LogP contribution in [0, 0.1) is 6.92 Å². The molecule has 6 nitrogen and oxygen atoms in total. The normalized spacial score (nSPS) is 11.9. The molecule has 0 bridgehead atoms. The van der Waals surface area contributed by atoms with Crippen LogP contribution in [0.4, 0.5) is 11.4 Å². The van der Waals surface area contributed by atoms with Crippen molar-refractivity contribution in [3.05, 3.63) is 75.1 Å². The maximum atomic E-state index is 12.9. The van der Waals surface area contributed by atoms with Crippen LogP contribution in [0.3, 0.4) is 0 Å². The molecule has 0 aliphatic rings. The maximum absolute atomic E-state index is 12.9. The van der Waals surface area contributed by atoms with Gasteiger partial charge in [-0.3, -0.25) is 14.3 Å². The van der Waals surface area contributed by atoms with Gasteiger partial charge in [0.15, 0.2) is 0 Å². The molecule has 7 heteroatoms. The van der Waals surface area contributed by atoms with Gasteiger partial charge < -0.3 is 10.6 Å². The fraction of sp³-hybridized carbons (Fsp3) is 0.200. The molecular formula is C20H21BrN4O2. The highest BCUT2D eigenvalue weighted by Gasteiger charge is 2.20. The lowest BCUT2D eigenvalue weighted by Gasteiger charge is -2.14. The second-order valence-electron chi connectivity index (χ2n) is 6.30. The first-order chi connectivity index (χ1) is 12.9. The molecule has 3 rings (SSSR count). The minimum atomic E-state index is -0.577. The summed E-state index contributed by atoms with van der Waals surface area (Å²) in [6, 6.07) is 16.2. The van der Waals surface area contributed by atoms with Crippen molar-refractivity contribution in [2.24, 2.45) is 7.05 Å². The summed E-state index contributed by atoms with van der Waals surface area (Å²) < 4.78 is 4.30. The Kier molecular flexibility index (Phi) is 5.51. The molecule has 0 aliphatic heterocycles. The number of benzene rings is 2. The Morgan fingerprint density at radius 2 is 1.70 bits per heavy atom. The molecule has 1 atom stereocenters. The van der Waals surface area contributed by atoms with E-state index in [0.717, 1.165) is 15.9 Å². The van der Waals surface area contributed by atoms with Gasteiger partial charge in [0.1, 0.15) is 11.7 Å². The molecule has 3 aromatic rings. The molecule has 1 heterocycles. The van der Waals surface area contributed by atoms with Gasteiger partial charge in [-0.25, -0.2) is 4.68 Å². The third-order valence-corrected chi connectivity index (χ3v) is 4.95. The van der Waals surface area contributed by atoms with Crippen molar-refractivity contribution in [3.8, 4) is 5.69 Å². The molecule has 27 heavy (non-hydrogen) atoms. The van der Waals surface area contributed by atoms with Crippen molar-refractivity contribution in [1.82, 2.24) is 9.36 Å². The lowest BCUT2D eigenvalue weighted by atomic mass is 10.2. The van der Waals surface area contributed by atoms with Gasteiger partial charge in [0.2, 0.25) is 5.91 Å². The summed E-state index contributed by atoms with van der Waals surface area (Å²) in [4.78, 5) is 25.4. The number of nitrogens with one attached hydrogen (secondary N) is 2. The van der Waals surface area contributed by atoms with E-state index in [1.165, 1.54) is 0 Å². The Morgan fingerprint density at radius 3 is 2.33 bits per heavy atom. The van der Waals surface area contributed by atoms with Gasteiger partial charge >= 0.3 is 0 Å². The first-order valence-corrected chi connectivity index (χ1v) is 9.35. The van der Waals surface area contributed by atoms with Crippen LogP contribution in [-0.2, 0) is 11.8 Å². The van der Waals surface area contributed by atoms with E-state index in [2.05, 4.69) is 26.6 Å². The third-order valence-electron chi connectivity index (χ3n) is 4.42. The largest absolute Gasteiger partial charge is 0.368 e. The van der Waals surface area contributed by atoms with Crippen LogP contribution < -0.4 is 16.2 Å². The van der Waals surface area contributed by atoms with E-state index in [9.17, 15) is 9.59 Å². The zero-order valence-electron chi connectivity index (χ0n) is 15.4. The molecule has 1 amide bonds. The molecule has 0 aliphatic carbocycles. The molecule has 1 unspecified atom stereocenters. The molecule has 1 aromatic heterocycles. The topological polar surface area (TPSA) is 68.1 Å². The molecular weight excluding hydrogens is 408 g/mol. The van der Waals surface area contributed by atoms with E-state index in [1.54, 1.807) is 16.3 Å². The van der Waals surface area contributed by atoms with Crippen molar-refractivity contribution >= 4 is 33.2 Å². The number of carbonyl (C=O) groups is 1. The second kappa shape index (κ2) is 7.84. The van der Waals surface area contributed by atoms with E-state index < -0.39 is 6.04 Å². The van der Waals surface area contributed by atoms with Crippen LogP contribution in [0.2, 0.25) is 0 Å². The molecule has 2 N–H and O–H groups in total. The molecule has 0 spiro atoms. The average molecular weight is 429 g/mol. The van der Waals surface area contributed by atoms with Gasteiger partial charge in [0, 0.05) is 17.2 Å². The molecule has 0 saturated heterocycles. The number of hydrogen-bond acceptors (Lipinski definition) is 3. The lowest BCUT2D eigenvalue weighted by Crippen LogP contribution is -2.34. The average Bonchev–Trinajstić information content (AvgIpc) is 2.87. The summed E-state index contributed by atoms with van der Waals surface area (Å²) in [5.74, 6) is -0.216. The standard InChI is InChI=1S/C20H21BrN4O2/c1-13(19(26)23-16-11-9-15(21)10-12-16)22-18-14(2)24(3)25(20(18)27)17-7-5-4-6-8-17/h4-13,22H,1-3H3,(H,23,26). The first kappa shape index (κ1) is 19.0. The Balaban J connectivity index is 1.82. The predicted molar refractivity (Wildman–Crippen MR) is 112 cm³/mol. The van der Waals surface area contributed by atoms with Gasteiger partial charge in [-0.05, 0) is 50.2 Å². The maximum Gasteiger partial charge on any atom is 0.295 e. The van der Waals surface area contributed by atoms with E-state index in [-0.39, 0.29) is 11.5 Å². The van der Waals surface area contributed by atoms with Crippen LogP contribution in [0.15, 0.2) is 63.9 Å². The third kappa shape index (κ3) is 3.98. The lowest BCUT2D eigenvalue weighted by molar-refractivity contribution is -0.116. The zero-order valence-corrected chi connectivity index (χ0v) is 16.9. The number of nitrogens with zero attached hydrogens (tertiary/aromatic N) is 2. The Morgan fingerprint density at radius 1 is 1.07 bits per heavy atom. The minimum Gasteiger partial charge on any atom is -0.368 e. The molecule has 0 radical (unpaired) electrons. The number of anilines is 2. The number of aromatic nitrogens is 2. The highest BCUT2D eigenvalue weighted by molar-refractivity contribution is 9.10. The number of amides is 1. The number of hydrogen-bond donors (Lipinski definition) is 2. The quantitative estimate of drug-likeness (QED) is 0.650. The van der Waals surface area contributed by atoms with E-state index in [1.807, 2.05) is 68.6 Å². The van der Waals surface area contributed by atoms with Gasteiger partial charge in [0.05, 0.1) is 11.4 Å². The summed E-state index contributed by atoms with van der Waals surface area (Å²) in [5, 5.41) is 5.91. The van der Waals surface area contributed by atoms with Crippen LogP contribution in [0.1, 0.15) is 12.6 Å². The molecule has 0 saturated carbocycles. The first-order valence-electron chi connectivity index (χ1n) is 8.55. The highest BCUT2D eigenvalue weighted by Crippen LogP contribution is 2.17. The van der Waals surface area contributed by atoms with Crippen LogP contribution >= 0.6 is 15.9 Å². The fourth-order valence-corrected chi connectivity index (χ4v) is 3.06. The molecule has 140 valence electrons. The van der Waals surface area contributed by atoms with Gasteiger partial charge in [-0.1, -0.05) is 34.1 Å². The number of rotatable bonds is 5. The molecule has 2 aromatic carbocycles. The van der Waals surface area contributed by atoms with Crippen LogP contribution in [0.25, 0.3) is 5.69 Å². The van der Waals surface area contributed by atoms with Gasteiger partial charge in [-0.15, -0.1) is 0 Å². The van der Waals surface area contributed by atoms with Crippen LogP contribution in [-0.4, -0.2) is 21.3 Å². The number of carbonyl (C=O) groups excluding carboxylic acids is 1. The Labute approximate surface area is 165 Å². The zero-order chi connectivity index (χ0) is 19.6. The van der Waals surface area contributed by atoms with E-state index in [4.69, 9.17) is 0 Å². The van der Waals surface area contributed by atoms with E-state index >= 15 is 0 Å². The summed E-state index contributed by atoms with van der Waals surface area (Å²) in [7, 11) is 1.82. The predicted octanol–water partition coefficient (Wildman–Crippen LogP) is 3.69. The van der Waals surface area contributed by atoms with Crippen molar-refractivity contribution in [2.45, 2.75) is 19.9 Å². The van der Waals surface area contributed by atoms with Crippen molar-refractivity contribution in [1.29, 1.82) is 0 Å². The SMILES string of the molecule is Cc1c(NC(C)C(=O)Nc2ccc(Br)cc2)c(=O)n(-c2ccccc2)n1C. The summed E-state index contributed by atoms with van der Waals surface area (Å²) in [6.07, 6.45) is 0. The van der Waals surface area contributed by atoms with E-state index in [0.29, 0.717) is 11.4 Å². The Hall–Kier alpha value is -2.80. The van der Waals surface area contributed by atoms with Crippen molar-refractivity contribution in [2.75, 3.05) is 10.6 Å². The monoisotopic (exact) mass is 428 g/mol. The highest BCUT2D eigenvalue weighted by atomic mass is 79.9.